The third-order valence-corrected chi connectivity index (χ3v) is 8.78. The highest BCUT2D eigenvalue weighted by atomic mass is 19.3. The number of carbonyl (C=O) groups excluding carboxylic acids is 4. The molecule has 38 heavy (non-hydrogen) atoms. The number of halogens is 2. The van der Waals surface area contributed by atoms with E-state index in [1.54, 1.807) is 18.2 Å². The van der Waals surface area contributed by atoms with Gasteiger partial charge in [-0.25, -0.2) is 0 Å². The number of nitrogens with zero attached hydrogens (tertiary/aromatic N) is 1. The van der Waals surface area contributed by atoms with Gasteiger partial charge in [0.15, 0.2) is 0 Å². The Morgan fingerprint density at radius 1 is 1.21 bits per heavy atom. The molecule has 2 heterocycles. The number of unbranched alkanes of at least 4 members (excludes halogenated alkanes) is 1. The molecule has 0 aromatic heterocycles. The van der Waals surface area contributed by atoms with Gasteiger partial charge < -0.3 is 10.2 Å². The largest absolute Gasteiger partial charge is 0.347 e. The van der Waals surface area contributed by atoms with E-state index in [0.717, 1.165) is 32.1 Å². The minimum absolute atomic E-state index is 0.0779. The Morgan fingerprint density at radius 2 is 1.97 bits per heavy atom. The van der Waals surface area contributed by atoms with Crippen LogP contribution in [0, 0.1) is 23.7 Å². The van der Waals surface area contributed by atoms with Gasteiger partial charge in [-0.3, -0.25) is 24.5 Å². The second kappa shape index (κ2) is 11.5. The average molecular weight is 532 g/mol. The monoisotopic (exact) mass is 531 g/mol. The summed E-state index contributed by atoms with van der Waals surface area (Å²) in [4.78, 5) is 50.9. The lowest BCUT2D eigenvalue weighted by molar-refractivity contribution is -0.168. The van der Waals surface area contributed by atoms with Crippen LogP contribution in [0.1, 0.15) is 93.6 Å². The topological polar surface area (TPSA) is 95.6 Å². The first-order chi connectivity index (χ1) is 18.0. The molecule has 1 saturated heterocycles. The smallest absolute Gasteiger partial charge is 0.327 e. The van der Waals surface area contributed by atoms with Crippen LogP contribution in [0.2, 0.25) is 0 Å². The average Bonchev–Trinajstić information content (AvgIpc) is 3.20. The fraction of sp³-hybridized carbons (Fsp3) is 0.655. The van der Waals surface area contributed by atoms with Crippen molar-refractivity contribution in [2.24, 2.45) is 23.7 Å². The molecule has 0 spiro atoms. The number of hydrogen-bond donors (Lipinski definition) is 2. The number of benzene rings is 1. The van der Waals surface area contributed by atoms with E-state index in [1.807, 2.05) is 13.8 Å². The Kier molecular flexibility index (Phi) is 8.52. The lowest BCUT2D eigenvalue weighted by Gasteiger charge is -2.43. The first-order valence-corrected chi connectivity index (χ1v) is 14.0. The maximum absolute atomic E-state index is 15.7. The second-order valence-corrected chi connectivity index (χ2v) is 11.4. The van der Waals surface area contributed by atoms with Gasteiger partial charge in [0.05, 0.1) is 0 Å². The van der Waals surface area contributed by atoms with Gasteiger partial charge in [0.2, 0.25) is 11.8 Å². The van der Waals surface area contributed by atoms with E-state index in [9.17, 15) is 19.2 Å². The van der Waals surface area contributed by atoms with E-state index in [-0.39, 0.29) is 55.5 Å². The molecule has 4 rings (SSSR count). The van der Waals surface area contributed by atoms with E-state index >= 15 is 8.78 Å². The number of rotatable bonds is 9. The van der Waals surface area contributed by atoms with Crippen molar-refractivity contribution in [3.05, 3.63) is 34.9 Å². The molecule has 4 unspecified atom stereocenters. The molecule has 208 valence electrons. The minimum Gasteiger partial charge on any atom is -0.347 e. The summed E-state index contributed by atoms with van der Waals surface area (Å²) < 4.78 is 31.3. The number of carbonyl (C=O) groups is 4. The zero-order chi connectivity index (χ0) is 27.6. The quantitative estimate of drug-likeness (QED) is 0.456. The molecule has 0 radical (unpaired) electrons. The molecule has 1 aliphatic carbocycles. The van der Waals surface area contributed by atoms with Crippen LogP contribution in [0.15, 0.2) is 18.2 Å². The summed E-state index contributed by atoms with van der Waals surface area (Å²) >= 11 is 0. The number of nitrogens with one attached hydrogen (secondary N) is 2. The Labute approximate surface area is 223 Å². The second-order valence-electron chi connectivity index (χ2n) is 11.4. The summed E-state index contributed by atoms with van der Waals surface area (Å²) in [5, 5.41) is 4.73. The molecule has 1 aromatic carbocycles. The number of imide groups is 1. The number of amides is 4. The standard InChI is InChI=1S/C29H39F2N3O4/c1-4-5-7-17(2)21-9-6-8-18(3)25(21)29(30,31)28(38)32-15-19-10-11-22-20(14-19)16-34(27(22)37)23-12-13-24(35)33-26(23)36/h10-11,14,17-18,21,23,25H,4-9,12-13,15-16H2,1-3H3,(H,32,38)(H,33,35,36)/t17-,18?,21?,23?,25?/m1/s1. The first-order valence-electron chi connectivity index (χ1n) is 14.0. The summed E-state index contributed by atoms with van der Waals surface area (Å²) in [6, 6.07) is 4.25. The fourth-order valence-electron chi connectivity index (χ4n) is 6.65. The van der Waals surface area contributed by atoms with E-state index < -0.39 is 29.7 Å². The molecule has 1 saturated carbocycles. The molecule has 2 fully saturated rings. The van der Waals surface area contributed by atoms with E-state index in [2.05, 4.69) is 17.6 Å². The van der Waals surface area contributed by atoms with Crippen LogP contribution in [0.4, 0.5) is 8.78 Å². The first kappa shape index (κ1) is 28.2. The summed E-state index contributed by atoms with van der Waals surface area (Å²) in [6.07, 6.45) is 5.69. The van der Waals surface area contributed by atoms with Gasteiger partial charge in [-0.05, 0) is 47.8 Å². The van der Waals surface area contributed by atoms with Gasteiger partial charge in [0.1, 0.15) is 6.04 Å². The lowest BCUT2D eigenvalue weighted by atomic mass is 9.64. The Bertz CT molecular complexity index is 1090. The Balaban J connectivity index is 1.42. The van der Waals surface area contributed by atoms with E-state index in [0.29, 0.717) is 23.1 Å². The van der Waals surface area contributed by atoms with E-state index in [1.165, 1.54) is 4.90 Å². The predicted octanol–water partition coefficient (Wildman–Crippen LogP) is 4.58. The molecule has 2 N–H and O–H groups in total. The molecule has 9 heteroatoms. The summed E-state index contributed by atoms with van der Waals surface area (Å²) in [5.41, 5.74) is 1.72. The number of hydrogen-bond acceptors (Lipinski definition) is 4. The SMILES string of the molecule is CCCC[C@@H](C)C1CCCC(C)C1C(F)(F)C(=O)NCc1ccc2c(c1)CN(C1CCC(=O)NC1=O)C2=O. The van der Waals surface area contributed by atoms with Gasteiger partial charge in [-0.15, -0.1) is 0 Å². The maximum Gasteiger partial charge on any atom is 0.327 e. The third-order valence-electron chi connectivity index (χ3n) is 8.78. The zero-order valence-corrected chi connectivity index (χ0v) is 22.5. The van der Waals surface area contributed by atoms with Gasteiger partial charge >= 0.3 is 5.92 Å². The number of piperidine rings is 1. The summed E-state index contributed by atoms with van der Waals surface area (Å²) in [5.74, 6) is -7.12. The highest BCUT2D eigenvalue weighted by Crippen LogP contribution is 2.48. The molecule has 0 bridgehead atoms. The molecule has 4 amide bonds. The van der Waals surface area contributed by atoms with E-state index in [4.69, 9.17) is 0 Å². The molecule has 2 aliphatic heterocycles. The van der Waals surface area contributed by atoms with Crippen molar-refractivity contribution < 1.29 is 28.0 Å². The normalized spacial score (nSPS) is 26.7. The van der Waals surface area contributed by atoms with Gasteiger partial charge in [-0.2, -0.15) is 8.78 Å². The highest BCUT2D eigenvalue weighted by molar-refractivity contribution is 6.05. The molecule has 5 atom stereocenters. The van der Waals surface area contributed by atoms with Crippen molar-refractivity contribution in [2.45, 2.75) is 97.2 Å². The van der Waals surface area contributed by atoms with Crippen molar-refractivity contribution in [3.8, 4) is 0 Å². The maximum atomic E-state index is 15.7. The number of alkyl halides is 2. The van der Waals surface area contributed by atoms with Crippen molar-refractivity contribution in [1.29, 1.82) is 0 Å². The molecular formula is C29H39F2N3O4. The van der Waals surface area contributed by atoms with Crippen molar-refractivity contribution in [3.63, 3.8) is 0 Å². The van der Waals surface area contributed by atoms with Crippen LogP contribution in [-0.4, -0.2) is 40.5 Å². The highest BCUT2D eigenvalue weighted by Gasteiger charge is 2.54. The van der Waals surface area contributed by atoms with Crippen molar-refractivity contribution >= 4 is 23.6 Å². The lowest BCUT2D eigenvalue weighted by Crippen LogP contribution is -2.52. The third kappa shape index (κ3) is 5.61. The fourth-order valence-corrected chi connectivity index (χ4v) is 6.65. The van der Waals surface area contributed by atoms with Crippen LogP contribution >= 0.6 is 0 Å². The van der Waals surface area contributed by atoms with Crippen LogP contribution in [0.5, 0.6) is 0 Å². The molecular weight excluding hydrogens is 492 g/mol. The van der Waals surface area contributed by atoms with Gasteiger partial charge in [0, 0.05) is 31.0 Å². The van der Waals surface area contributed by atoms with Crippen LogP contribution in [0.25, 0.3) is 0 Å². The minimum atomic E-state index is -3.47. The molecule has 1 aromatic rings. The zero-order valence-electron chi connectivity index (χ0n) is 22.5. The number of fused-ring (bicyclic) bond motifs is 1. The van der Waals surface area contributed by atoms with Gasteiger partial charge in [0.25, 0.3) is 11.8 Å². The van der Waals surface area contributed by atoms with Crippen molar-refractivity contribution in [2.75, 3.05) is 0 Å². The Hall–Kier alpha value is -2.84. The summed E-state index contributed by atoms with van der Waals surface area (Å²) in [7, 11) is 0. The van der Waals surface area contributed by atoms with Crippen LogP contribution < -0.4 is 10.6 Å². The van der Waals surface area contributed by atoms with Crippen LogP contribution in [-0.2, 0) is 27.5 Å². The van der Waals surface area contributed by atoms with Crippen molar-refractivity contribution in [1.82, 2.24) is 15.5 Å². The summed E-state index contributed by atoms with van der Waals surface area (Å²) in [6.45, 7) is 6.09. The predicted molar refractivity (Wildman–Crippen MR) is 138 cm³/mol. The Morgan fingerprint density at radius 3 is 2.68 bits per heavy atom. The van der Waals surface area contributed by atoms with Gasteiger partial charge in [-0.1, -0.05) is 65.0 Å². The molecule has 7 nitrogen and oxygen atoms in total. The van der Waals surface area contributed by atoms with Crippen LogP contribution in [0.3, 0.4) is 0 Å². The molecule has 3 aliphatic rings.